The molecule has 6 heteroatoms. The van der Waals surface area contributed by atoms with Crippen molar-refractivity contribution in [1.82, 2.24) is 9.80 Å². The summed E-state index contributed by atoms with van der Waals surface area (Å²) in [4.78, 5) is 30.5. The van der Waals surface area contributed by atoms with E-state index in [9.17, 15) is 9.59 Å². The standard InChI is InChI=1S/C24H31N3O3.H2/c1-4-19-6-7-22-21(16-19)24(17-27(22)18(3)28)10-14-25(15-11-24)20-8-12-26(13-9-20)23(29)30-5-2;/h1,6-7,16,20H,5,8-15,17H2,2-3H3;1H. The molecular formula is C24H33N3O3. The molecular weight excluding hydrogens is 378 g/mol. The summed E-state index contributed by atoms with van der Waals surface area (Å²) in [5.41, 5.74) is 3.14. The quantitative estimate of drug-likeness (QED) is 0.701. The molecule has 0 saturated carbocycles. The molecule has 0 aliphatic carbocycles. The van der Waals surface area contributed by atoms with Gasteiger partial charge in [0.05, 0.1) is 6.61 Å². The van der Waals surface area contributed by atoms with Crippen LogP contribution in [0.4, 0.5) is 10.5 Å². The van der Waals surface area contributed by atoms with Gasteiger partial charge >= 0.3 is 6.09 Å². The molecule has 0 atom stereocenters. The lowest BCUT2D eigenvalue weighted by atomic mass is 9.73. The first kappa shape index (κ1) is 20.7. The number of carbonyl (C=O) groups excluding carboxylic acids is 2. The number of anilines is 1. The second-order valence-electron chi connectivity index (χ2n) is 8.71. The van der Waals surface area contributed by atoms with Gasteiger partial charge in [0, 0.05) is 50.7 Å². The highest BCUT2D eigenvalue weighted by atomic mass is 16.6. The lowest BCUT2D eigenvalue weighted by molar-refractivity contribution is -0.116. The summed E-state index contributed by atoms with van der Waals surface area (Å²) in [6.45, 7) is 8.20. The molecule has 6 nitrogen and oxygen atoms in total. The van der Waals surface area contributed by atoms with Crippen LogP contribution in [0.5, 0.6) is 0 Å². The summed E-state index contributed by atoms with van der Waals surface area (Å²) in [5, 5.41) is 0. The van der Waals surface area contributed by atoms with Crippen LogP contribution >= 0.6 is 0 Å². The summed E-state index contributed by atoms with van der Waals surface area (Å²) in [7, 11) is 0. The van der Waals surface area contributed by atoms with Crippen LogP contribution in [0.25, 0.3) is 0 Å². The summed E-state index contributed by atoms with van der Waals surface area (Å²) < 4.78 is 5.13. The van der Waals surface area contributed by atoms with E-state index >= 15 is 0 Å². The molecule has 3 aliphatic heterocycles. The first-order chi connectivity index (χ1) is 14.5. The number of piperidine rings is 2. The van der Waals surface area contributed by atoms with E-state index < -0.39 is 0 Å². The van der Waals surface area contributed by atoms with Crippen LogP contribution in [-0.4, -0.2) is 67.2 Å². The fourth-order valence-corrected chi connectivity index (χ4v) is 5.41. The maximum absolute atomic E-state index is 12.3. The molecule has 3 heterocycles. The van der Waals surface area contributed by atoms with Gasteiger partial charge in [-0.15, -0.1) is 6.42 Å². The number of benzene rings is 1. The fraction of sp³-hybridized carbons (Fsp3) is 0.583. The van der Waals surface area contributed by atoms with E-state index in [0.29, 0.717) is 12.6 Å². The number of fused-ring (bicyclic) bond motifs is 2. The fourth-order valence-electron chi connectivity index (χ4n) is 5.41. The number of ether oxygens (including phenoxy) is 1. The molecule has 30 heavy (non-hydrogen) atoms. The predicted octanol–water partition coefficient (Wildman–Crippen LogP) is 3.23. The number of hydrogen-bond donors (Lipinski definition) is 0. The molecule has 0 bridgehead atoms. The van der Waals surface area contributed by atoms with Crippen LogP contribution in [0.3, 0.4) is 0 Å². The topological polar surface area (TPSA) is 53.1 Å². The van der Waals surface area contributed by atoms with Gasteiger partial charge in [-0.25, -0.2) is 4.79 Å². The zero-order chi connectivity index (χ0) is 21.3. The Morgan fingerprint density at radius 2 is 1.93 bits per heavy atom. The Balaban J connectivity index is 0.00000272. The smallest absolute Gasteiger partial charge is 0.409 e. The number of nitrogens with zero attached hydrogens (tertiary/aromatic N) is 3. The van der Waals surface area contributed by atoms with E-state index in [1.807, 2.05) is 28.9 Å². The minimum Gasteiger partial charge on any atom is -0.450 e. The second-order valence-corrected chi connectivity index (χ2v) is 8.71. The molecule has 4 rings (SSSR count). The van der Waals surface area contributed by atoms with Gasteiger partial charge in [-0.05, 0) is 69.5 Å². The monoisotopic (exact) mass is 411 g/mol. The first-order valence-corrected chi connectivity index (χ1v) is 11.0. The van der Waals surface area contributed by atoms with Gasteiger partial charge in [-0.3, -0.25) is 4.79 Å². The van der Waals surface area contributed by atoms with Crippen molar-refractivity contribution in [2.45, 2.75) is 51.0 Å². The Kier molecular flexibility index (Phi) is 5.75. The Bertz CT molecular complexity index is 865. The maximum atomic E-state index is 12.3. The number of amides is 2. The van der Waals surface area contributed by atoms with Crippen LogP contribution in [0.15, 0.2) is 18.2 Å². The number of terminal acetylenes is 1. The SMILES string of the molecule is C#Cc1ccc2c(c1)C1(CCN(C3CCN(C(=O)OCC)CC3)CC1)CN2C(C)=O.[HH]. The Morgan fingerprint density at radius 1 is 1.23 bits per heavy atom. The minimum atomic E-state index is -0.190. The number of hydrogen-bond acceptors (Lipinski definition) is 4. The zero-order valence-electron chi connectivity index (χ0n) is 18.0. The van der Waals surface area contributed by atoms with Crippen LogP contribution < -0.4 is 4.90 Å². The molecule has 2 fully saturated rings. The first-order valence-electron chi connectivity index (χ1n) is 11.0. The second kappa shape index (κ2) is 8.31. The van der Waals surface area contributed by atoms with E-state index in [1.165, 1.54) is 5.56 Å². The van der Waals surface area contributed by atoms with Crippen molar-refractivity contribution >= 4 is 17.7 Å². The zero-order valence-corrected chi connectivity index (χ0v) is 18.0. The number of likely N-dealkylation sites (tertiary alicyclic amines) is 2. The van der Waals surface area contributed by atoms with Crippen LogP contribution in [0, 0.1) is 12.3 Å². The molecule has 162 valence electrons. The van der Waals surface area contributed by atoms with Crippen molar-refractivity contribution in [3.05, 3.63) is 29.3 Å². The van der Waals surface area contributed by atoms with Gasteiger partial charge in [-0.2, -0.15) is 0 Å². The molecule has 1 aromatic carbocycles. The Labute approximate surface area is 180 Å². The highest BCUT2D eigenvalue weighted by Crippen LogP contribution is 2.47. The molecule has 3 aliphatic rings. The van der Waals surface area contributed by atoms with Gasteiger partial charge in [-0.1, -0.05) is 5.92 Å². The van der Waals surface area contributed by atoms with Gasteiger partial charge in [0.15, 0.2) is 0 Å². The lowest BCUT2D eigenvalue weighted by Gasteiger charge is -2.45. The average molecular weight is 412 g/mol. The van der Waals surface area contributed by atoms with E-state index in [2.05, 4.69) is 16.9 Å². The number of rotatable bonds is 2. The van der Waals surface area contributed by atoms with Crippen molar-refractivity contribution in [3.63, 3.8) is 0 Å². The predicted molar refractivity (Wildman–Crippen MR) is 119 cm³/mol. The van der Waals surface area contributed by atoms with Crippen molar-refractivity contribution in [2.24, 2.45) is 0 Å². The lowest BCUT2D eigenvalue weighted by Crippen LogP contribution is -2.52. The van der Waals surface area contributed by atoms with E-state index in [0.717, 1.165) is 69.7 Å². The average Bonchev–Trinajstić information content (AvgIpc) is 3.08. The summed E-state index contributed by atoms with van der Waals surface area (Å²) in [6, 6.07) is 6.57. The van der Waals surface area contributed by atoms with E-state index in [1.54, 1.807) is 6.92 Å². The van der Waals surface area contributed by atoms with Gasteiger partial charge in [0.25, 0.3) is 0 Å². The Morgan fingerprint density at radius 3 is 2.53 bits per heavy atom. The summed E-state index contributed by atoms with van der Waals surface area (Å²) >= 11 is 0. The van der Waals surface area contributed by atoms with E-state index in [4.69, 9.17) is 11.2 Å². The summed E-state index contributed by atoms with van der Waals surface area (Å²) in [6.07, 6.45) is 9.49. The molecule has 2 saturated heterocycles. The minimum absolute atomic E-state index is 0. The van der Waals surface area contributed by atoms with E-state index in [-0.39, 0.29) is 18.8 Å². The normalized spacial score (nSPS) is 21.4. The van der Waals surface area contributed by atoms with Crippen LogP contribution in [-0.2, 0) is 14.9 Å². The third kappa shape index (κ3) is 3.67. The Hall–Kier alpha value is -2.52. The van der Waals surface area contributed by atoms with Crippen LogP contribution in [0.1, 0.15) is 52.1 Å². The third-order valence-corrected chi connectivity index (χ3v) is 7.13. The molecule has 0 N–H and O–H groups in total. The molecule has 0 aromatic heterocycles. The molecule has 0 unspecified atom stereocenters. The maximum Gasteiger partial charge on any atom is 0.409 e. The molecule has 1 spiro atoms. The van der Waals surface area contributed by atoms with Crippen LogP contribution in [0.2, 0.25) is 0 Å². The highest BCUT2D eigenvalue weighted by molar-refractivity contribution is 5.95. The van der Waals surface area contributed by atoms with Gasteiger partial charge < -0.3 is 19.4 Å². The van der Waals surface area contributed by atoms with Crippen molar-refractivity contribution in [1.29, 1.82) is 0 Å². The van der Waals surface area contributed by atoms with Gasteiger partial charge in [0.2, 0.25) is 5.91 Å². The summed E-state index contributed by atoms with van der Waals surface area (Å²) in [5.74, 6) is 2.84. The van der Waals surface area contributed by atoms with Crippen molar-refractivity contribution in [2.75, 3.05) is 44.2 Å². The third-order valence-electron chi connectivity index (χ3n) is 7.13. The molecule has 2 amide bonds. The van der Waals surface area contributed by atoms with Gasteiger partial charge in [0.1, 0.15) is 0 Å². The largest absolute Gasteiger partial charge is 0.450 e. The number of carbonyl (C=O) groups is 2. The van der Waals surface area contributed by atoms with Crippen molar-refractivity contribution in [3.8, 4) is 12.3 Å². The molecule has 1 aromatic rings. The van der Waals surface area contributed by atoms with Crippen molar-refractivity contribution < 1.29 is 15.8 Å². The highest BCUT2D eigenvalue weighted by Gasteiger charge is 2.46. The molecule has 0 radical (unpaired) electrons.